The summed E-state index contributed by atoms with van der Waals surface area (Å²) in [4.78, 5) is 16.9. The van der Waals surface area contributed by atoms with Gasteiger partial charge in [-0.05, 0) is 50.4 Å². The van der Waals surface area contributed by atoms with Crippen molar-refractivity contribution in [1.82, 2.24) is 23.7 Å². The zero-order chi connectivity index (χ0) is 32.6. The number of fused-ring (bicyclic) bond motifs is 1. The van der Waals surface area contributed by atoms with Crippen molar-refractivity contribution in [3.63, 3.8) is 0 Å². The van der Waals surface area contributed by atoms with E-state index in [1.807, 2.05) is 18.2 Å². The van der Waals surface area contributed by atoms with Gasteiger partial charge in [0.25, 0.3) is 0 Å². The zero-order valence-corrected chi connectivity index (χ0v) is 28.9. The minimum absolute atomic E-state index is 0.0301. The number of piperazine rings is 1. The minimum atomic E-state index is -3.54. The molecule has 4 aromatic rings. The molecule has 6 rings (SSSR count). The first-order valence-electron chi connectivity index (χ1n) is 16.1. The van der Waals surface area contributed by atoms with Gasteiger partial charge in [0, 0.05) is 74.2 Å². The Morgan fingerprint density at radius 3 is 2.46 bits per heavy atom. The second-order valence-electron chi connectivity index (χ2n) is 12.6. The molecular formula is C34H44ClN7O3S. The van der Waals surface area contributed by atoms with Gasteiger partial charge >= 0.3 is 0 Å². The van der Waals surface area contributed by atoms with Crippen LogP contribution >= 0.6 is 11.6 Å². The van der Waals surface area contributed by atoms with Gasteiger partial charge in [0.2, 0.25) is 16.0 Å². The largest absolute Gasteiger partial charge is 0.494 e. The Balaban J connectivity index is 1.29. The summed E-state index contributed by atoms with van der Waals surface area (Å²) in [6, 6.07) is 12.3. The molecule has 0 aliphatic carbocycles. The number of hydrogen-bond donors (Lipinski definition) is 1. The van der Waals surface area contributed by atoms with Crippen molar-refractivity contribution >= 4 is 49.9 Å². The number of benzene rings is 2. The van der Waals surface area contributed by atoms with E-state index in [9.17, 15) is 8.42 Å². The fourth-order valence-electron chi connectivity index (χ4n) is 6.69. The standard InChI is InChI=1S/C34H44ClN7O3S/c1-6-46(43,44)42-22-27(25-9-7-8-10-30(25)42)33-28(35)21-36-34(38-33)37-29-19-26(23(2)3)31(20-32(29)45-5)41-13-11-24(12-14-41)40-17-15-39(4)16-18-40/h7-10,19-24H,6,11-18H2,1-5H3,(H,36,37,38). The molecule has 2 saturated heterocycles. The Kier molecular flexibility index (Phi) is 9.48. The topological polar surface area (TPSA) is 95.8 Å². The highest BCUT2D eigenvalue weighted by Gasteiger charge is 2.29. The van der Waals surface area contributed by atoms with Crippen LogP contribution in [0, 0.1) is 0 Å². The van der Waals surface area contributed by atoms with Crippen LogP contribution in [0.25, 0.3) is 22.2 Å². The highest BCUT2D eigenvalue weighted by molar-refractivity contribution is 7.90. The van der Waals surface area contributed by atoms with Crippen molar-refractivity contribution < 1.29 is 13.2 Å². The lowest BCUT2D eigenvalue weighted by atomic mass is 9.96. The molecule has 0 bridgehead atoms. The number of nitrogens with one attached hydrogen (secondary N) is 1. The summed E-state index contributed by atoms with van der Waals surface area (Å²) in [5, 5.41) is 4.44. The van der Waals surface area contributed by atoms with Gasteiger partial charge in [-0.2, -0.15) is 0 Å². The third-order valence-corrected chi connectivity index (χ3v) is 11.3. The molecule has 0 saturated carbocycles. The van der Waals surface area contributed by atoms with E-state index in [1.54, 1.807) is 32.5 Å². The first kappa shape index (κ1) is 32.6. The van der Waals surface area contributed by atoms with E-state index in [1.165, 1.54) is 15.2 Å². The highest BCUT2D eigenvalue weighted by atomic mass is 35.5. The monoisotopic (exact) mass is 665 g/mol. The molecule has 0 radical (unpaired) electrons. The Morgan fingerprint density at radius 2 is 1.78 bits per heavy atom. The molecule has 2 aromatic carbocycles. The average molecular weight is 666 g/mol. The molecule has 12 heteroatoms. The maximum atomic E-state index is 12.9. The molecule has 0 unspecified atom stereocenters. The lowest BCUT2D eigenvalue weighted by Crippen LogP contribution is -2.52. The number of ether oxygens (including phenoxy) is 1. The number of piperidine rings is 1. The lowest BCUT2D eigenvalue weighted by molar-refractivity contribution is 0.0982. The zero-order valence-electron chi connectivity index (χ0n) is 27.3. The van der Waals surface area contributed by atoms with Crippen LogP contribution in [-0.4, -0.2) is 97.4 Å². The van der Waals surface area contributed by atoms with Crippen LogP contribution in [0.15, 0.2) is 48.8 Å². The van der Waals surface area contributed by atoms with Gasteiger partial charge in [-0.3, -0.25) is 4.90 Å². The van der Waals surface area contributed by atoms with E-state index in [4.69, 9.17) is 21.3 Å². The number of likely N-dealkylation sites (N-methyl/N-ethyl adjacent to an activating group) is 1. The van der Waals surface area contributed by atoms with Gasteiger partial charge in [-0.15, -0.1) is 0 Å². The Bertz CT molecular complexity index is 1810. The number of hydrogen-bond acceptors (Lipinski definition) is 9. The summed E-state index contributed by atoms with van der Waals surface area (Å²) in [5.41, 5.74) is 4.83. The summed E-state index contributed by atoms with van der Waals surface area (Å²) < 4.78 is 33.0. The van der Waals surface area contributed by atoms with Gasteiger partial charge < -0.3 is 19.9 Å². The van der Waals surface area contributed by atoms with Gasteiger partial charge in [-0.1, -0.05) is 43.6 Å². The first-order chi connectivity index (χ1) is 22.1. The molecule has 1 N–H and O–H groups in total. The number of rotatable bonds is 9. The average Bonchev–Trinajstić information content (AvgIpc) is 3.46. The van der Waals surface area contributed by atoms with Crippen molar-refractivity contribution in [2.24, 2.45) is 0 Å². The van der Waals surface area contributed by atoms with Crippen LogP contribution in [0.3, 0.4) is 0 Å². The molecule has 4 heterocycles. The van der Waals surface area contributed by atoms with E-state index in [-0.39, 0.29) is 11.7 Å². The highest BCUT2D eigenvalue weighted by Crippen LogP contribution is 2.40. The van der Waals surface area contributed by atoms with Crippen molar-refractivity contribution in [2.75, 3.05) is 69.4 Å². The first-order valence-corrected chi connectivity index (χ1v) is 18.1. The number of nitrogens with zero attached hydrogens (tertiary/aromatic N) is 6. The second kappa shape index (κ2) is 13.4. The van der Waals surface area contributed by atoms with Crippen molar-refractivity contribution in [3.05, 3.63) is 59.4 Å². The van der Waals surface area contributed by atoms with Crippen LogP contribution in [-0.2, 0) is 10.0 Å². The van der Waals surface area contributed by atoms with Gasteiger partial charge in [0.1, 0.15) is 5.75 Å². The molecule has 46 heavy (non-hydrogen) atoms. The van der Waals surface area contributed by atoms with E-state index in [0.29, 0.717) is 39.5 Å². The molecule has 2 aliphatic heterocycles. The van der Waals surface area contributed by atoms with Crippen LogP contribution in [0.1, 0.15) is 45.1 Å². The number of para-hydroxylation sites is 1. The number of methoxy groups -OCH3 is 1. The Morgan fingerprint density at radius 1 is 1.07 bits per heavy atom. The lowest BCUT2D eigenvalue weighted by Gasteiger charge is -2.43. The predicted octanol–water partition coefficient (Wildman–Crippen LogP) is 6.04. The molecule has 246 valence electrons. The number of aromatic nitrogens is 3. The van der Waals surface area contributed by atoms with Crippen LogP contribution in [0.4, 0.5) is 17.3 Å². The number of anilines is 3. The SMILES string of the molecule is CCS(=O)(=O)n1cc(-c2nc(Nc3cc(C(C)C)c(N4CCC(N5CCN(C)CC5)CC4)cc3OC)ncc2Cl)c2ccccc21. The fourth-order valence-corrected chi connectivity index (χ4v) is 7.89. The van der Waals surface area contributed by atoms with Gasteiger partial charge in [0.05, 0.1) is 41.0 Å². The molecule has 0 spiro atoms. The summed E-state index contributed by atoms with van der Waals surface area (Å²) in [6.45, 7) is 12.7. The van der Waals surface area contributed by atoms with Crippen LogP contribution in [0.2, 0.25) is 5.02 Å². The van der Waals surface area contributed by atoms with E-state index in [0.717, 1.165) is 63.2 Å². The third kappa shape index (κ3) is 6.43. The summed E-state index contributed by atoms with van der Waals surface area (Å²) in [5.74, 6) is 1.29. The maximum absolute atomic E-state index is 12.9. The van der Waals surface area contributed by atoms with Crippen molar-refractivity contribution in [3.8, 4) is 17.0 Å². The molecule has 2 fully saturated rings. The van der Waals surface area contributed by atoms with Crippen LogP contribution < -0.4 is 15.0 Å². The van der Waals surface area contributed by atoms with Crippen LogP contribution in [0.5, 0.6) is 5.75 Å². The molecule has 0 atom stereocenters. The van der Waals surface area contributed by atoms with Gasteiger partial charge in [-0.25, -0.2) is 22.4 Å². The molecular weight excluding hydrogens is 622 g/mol. The molecule has 0 amide bonds. The quantitative estimate of drug-likeness (QED) is 0.230. The molecule has 10 nitrogen and oxygen atoms in total. The fraction of sp³-hybridized carbons (Fsp3) is 0.471. The van der Waals surface area contributed by atoms with Crippen molar-refractivity contribution in [1.29, 1.82) is 0 Å². The normalized spacial score (nSPS) is 17.2. The summed E-state index contributed by atoms with van der Waals surface area (Å²) in [7, 11) is 0.344. The maximum Gasteiger partial charge on any atom is 0.238 e. The summed E-state index contributed by atoms with van der Waals surface area (Å²) in [6.07, 6.45) is 5.45. The molecule has 2 aliphatic rings. The summed E-state index contributed by atoms with van der Waals surface area (Å²) >= 11 is 6.64. The number of halogens is 1. The van der Waals surface area contributed by atoms with E-state index in [2.05, 4.69) is 58.0 Å². The smallest absolute Gasteiger partial charge is 0.238 e. The van der Waals surface area contributed by atoms with E-state index < -0.39 is 10.0 Å². The second-order valence-corrected chi connectivity index (χ2v) is 15.1. The van der Waals surface area contributed by atoms with Gasteiger partial charge in [0.15, 0.2) is 0 Å². The molecule has 2 aromatic heterocycles. The predicted molar refractivity (Wildman–Crippen MR) is 188 cm³/mol. The van der Waals surface area contributed by atoms with E-state index >= 15 is 0 Å². The Labute approximate surface area is 277 Å². The minimum Gasteiger partial charge on any atom is -0.494 e. The van der Waals surface area contributed by atoms with Crippen molar-refractivity contribution in [2.45, 2.75) is 45.6 Å². The Hall–Kier alpha value is -3.38. The third-order valence-electron chi connectivity index (χ3n) is 9.42.